The van der Waals surface area contributed by atoms with Crippen LogP contribution in [0.1, 0.15) is 30.1 Å². The molecule has 0 N–H and O–H groups in total. The van der Waals surface area contributed by atoms with Crippen LogP contribution < -0.4 is 0 Å². The van der Waals surface area contributed by atoms with E-state index in [1.165, 1.54) is 0 Å². The van der Waals surface area contributed by atoms with E-state index in [4.69, 9.17) is 4.74 Å². The summed E-state index contributed by atoms with van der Waals surface area (Å²) < 4.78 is 28.7. The Morgan fingerprint density at radius 3 is 2.59 bits per heavy atom. The van der Waals surface area contributed by atoms with Crippen LogP contribution >= 0.6 is 0 Å². The van der Waals surface area contributed by atoms with E-state index >= 15 is 0 Å². The average Bonchev–Trinajstić information content (AvgIpc) is 3.02. The molecule has 1 saturated heterocycles. The standard InChI is InChI=1S/C20H23NO5S/c1-2-11-21(16-10-12-27(24,25)14-16)19(22)13-26-20(23)18-9-5-7-15-6-3-4-8-17(15)18/h3-9,16H,2,10-14H2,1H3/t16-/m1/s1. The number of rotatable bonds is 6. The normalized spacial score (nSPS) is 18.3. The predicted octanol–water partition coefficient (Wildman–Crippen LogP) is 2.42. The molecule has 0 spiro atoms. The van der Waals surface area contributed by atoms with Crippen LogP contribution in [-0.4, -0.2) is 55.9 Å². The van der Waals surface area contributed by atoms with E-state index in [1.54, 1.807) is 17.0 Å². The number of esters is 1. The van der Waals surface area contributed by atoms with Gasteiger partial charge in [0.2, 0.25) is 0 Å². The van der Waals surface area contributed by atoms with Crippen molar-refractivity contribution in [1.82, 2.24) is 4.90 Å². The minimum atomic E-state index is -3.09. The fourth-order valence-electron chi connectivity index (χ4n) is 3.46. The van der Waals surface area contributed by atoms with Gasteiger partial charge < -0.3 is 9.64 Å². The van der Waals surface area contributed by atoms with Gasteiger partial charge in [0, 0.05) is 12.6 Å². The molecule has 0 aliphatic carbocycles. The molecule has 3 rings (SSSR count). The van der Waals surface area contributed by atoms with Crippen LogP contribution in [0.3, 0.4) is 0 Å². The number of carbonyl (C=O) groups is 2. The van der Waals surface area contributed by atoms with Gasteiger partial charge >= 0.3 is 5.97 Å². The second-order valence-corrected chi connectivity index (χ2v) is 8.98. The molecule has 0 bridgehead atoms. The molecule has 0 radical (unpaired) electrons. The van der Waals surface area contributed by atoms with E-state index in [2.05, 4.69) is 0 Å². The molecule has 27 heavy (non-hydrogen) atoms. The Morgan fingerprint density at radius 1 is 1.15 bits per heavy atom. The van der Waals surface area contributed by atoms with Gasteiger partial charge in [-0.05, 0) is 29.7 Å². The number of fused-ring (bicyclic) bond motifs is 1. The van der Waals surface area contributed by atoms with Crippen molar-refractivity contribution in [1.29, 1.82) is 0 Å². The van der Waals surface area contributed by atoms with Crippen molar-refractivity contribution < 1.29 is 22.7 Å². The molecule has 6 nitrogen and oxygen atoms in total. The Labute approximate surface area is 159 Å². The van der Waals surface area contributed by atoms with E-state index in [1.807, 2.05) is 37.3 Å². The van der Waals surface area contributed by atoms with Gasteiger partial charge in [-0.15, -0.1) is 0 Å². The summed E-state index contributed by atoms with van der Waals surface area (Å²) in [6.45, 7) is 1.98. The maximum atomic E-state index is 12.6. The highest BCUT2D eigenvalue weighted by atomic mass is 32.2. The van der Waals surface area contributed by atoms with Crippen molar-refractivity contribution in [3.8, 4) is 0 Å². The van der Waals surface area contributed by atoms with Gasteiger partial charge in [-0.1, -0.05) is 43.3 Å². The molecular weight excluding hydrogens is 366 g/mol. The molecule has 1 aliphatic heterocycles. The topological polar surface area (TPSA) is 80.8 Å². The number of carbonyl (C=O) groups excluding carboxylic acids is 2. The summed E-state index contributed by atoms with van der Waals surface area (Å²) >= 11 is 0. The van der Waals surface area contributed by atoms with E-state index in [-0.39, 0.29) is 23.5 Å². The Morgan fingerprint density at radius 2 is 1.89 bits per heavy atom. The van der Waals surface area contributed by atoms with E-state index in [0.29, 0.717) is 24.9 Å². The highest BCUT2D eigenvalue weighted by Crippen LogP contribution is 2.20. The molecule has 2 aromatic carbocycles. The lowest BCUT2D eigenvalue weighted by atomic mass is 10.1. The molecule has 1 fully saturated rings. The molecule has 0 saturated carbocycles. The lowest BCUT2D eigenvalue weighted by Crippen LogP contribution is -2.43. The molecule has 1 aliphatic rings. The lowest BCUT2D eigenvalue weighted by Gasteiger charge is -2.27. The van der Waals surface area contributed by atoms with Gasteiger partial charge in [0.25, 0.3) is 5.91 Å². The van der Waals surface area contributed by atoms with Crippen LogP contribution in [0.4, 0.5) is 0 Å². The van der Waals surface area contributed by atoms with E-state index in [9.17, 15) is 18.0 Å². The molecule has 144 valence electrons. The van der Waals surface area contributed by atoms with Gasteiger partial charge in [0.05, 0.1) is 17.1 Å². The second kappa shape index (κ2) is 8.08. The van der Waals surface area contributed by atoms with Crippen molar-refractivity contribution in [3.05, 3.63) is 48.0 Å². The van der Waals surface area contributed by atoms with Crippen molar-refractivity contribution in [3.63, 3.8) is 0 Å². The summed E-state index contributed by atoms with van der Waals surface area (Å²) in [7, 11) is -3.09. The highest BCUT2D eigenvalue weighted by Gasteiger charge is 2.34. The fourth-order valence-corrected chi connectivity index (χ4v) is 5.20. The summed E-state index contributed by atoms with van der Waals surface area (Å²) in [6, 6.07) is 12.5. The van der Waals surface area contributed by atoms with Crippen molar-refractivity contribution in [2.75, 3.05) is 24.7 Å². The zero-order valence-corrected chi connectivity index (χ0v) is 16.1. The van der Waals surface area contributed by atoms with Gasteiger partial charge in [-0.3, -0.25) is 4.79 Å². The van der Waals surface area contributed by atoms with Gasteiger partial charge in [0.15, 0.2) is 16.4 Å². The van der Waals surface area contributed by atoms with Gasteiger partial charge in [-0.2, -0.15) is 0 Å². The summed E-state index contributed by atoms with van der Waals surface area (Å²) in [5, 5.41) is 1.69. The molecular formula is C20H23NO5S. The number of hydrogen-bond donors (Lipinski definition) is 0. The SMILES string of the molecule is CCCN(C(=O)COC(=O)c1cccc2ccccc12)[C@@H]1CCS(=O)(=O)C1. The Balaban J connectivity index is 1.68. The third-order valence-corrected chi connectivity index (χ3v) is 6.52. The first-order valence-corrected chi connectivity index (χ1v) is 10.9. The lowest BCUT2D eigenvalue weighted by molar-refractivity contribution is -0.136. The Bertz CT molecular complexity index is 949. The number of ether oxygens (including phenoxy) is 1. The van der Waals surface area contributed by atoms with Crippen LogP contribution in [0.2, 0.25) is 0 Å². The monoisotopic (exact) mass is 389 g/mol. The Kier molecular flexibility index (Phi) is 5.79. The average molecular weight is 389 g/mol. The number of sulfone groups is 1. The largest absolute Gasteiger partial charge is 0.452 e. The first-order chi connectivity index (χ1) is 12.9. The van der Waals surface area contributed by atoms with Crippen molar-refractivity contribution in [2.45, 2.75) is 25.8 Å². The third-order valence-electron chi connectivity index (χ3n) is 4.77. The number of hydrogen-bond acceptors (Lipinski definition) is 5. The van der Waals surface area contributed by atoms with Crippen LogP contribution in [0, 0.1) is 0 Å². The molecule has 1 heterocycles. The predicted molar refractivity (Wildman–Crippen MR) is 103 cm³/mol. The van der Waals surface area contributed by atoms with Crippen molar-refractivity contribution in [2.24, 2.45) is 0 Å². The summed E-state index contributed by atoms with van der Waals surface area (Å²) in [4.78, 5) is 26.6. The quantitative estimate of drug-likeness (QED) is 0.709. The number of nitrogens with zero attached hydrogens (tertiary/aromatic N) is 1. The zero-order valence-electron chi connectivity index (χ0n) is 15.3. The molecule has 0 aromatic heterocycles. The van der Waals surface area contributed by atoms with Gasteiger partial charge in [0.1, 0.15) is 0 Å². The maximum Gasteiger partial charge on any atom is 0.339 e. The second-order valence-electron chi connectivity index (χ2n) is 6.75. The van der Waals surface area contributed by atoms with Crippen LogP contribution in [0.15, 0.2) is 42.5 Å². The molecule has 2 aromatic rings. The fraction of sp³-hybridized carbons (Fsp3) is 0.400. The summed E-state index contributed by atoms with van der Waals surface area (Å²) in [5.74, 6) is -0.833. The molecule has 1 amide bonds. The van der Waals surface area contributed by atoms with Crippen LogP contribution in [0.5, 0.6) is 0 Å². The van der Waals surface area contributed by atoms with Gasteiger partial charge in [-0.25, -0.2) is 13.2 Å². The first-order valence-electron chi connectivity index (χ1n) is 9.06. The van der Waals surface area contributed by atoms with E-state index < -0.39 is 22.4 Å². The van der Waals surface area contributed by atoms with Crippen LogP contribution in [0.25, 0.3) is 10.8 Å². The number of benzene rings is 2. The minimum Gasteiger partial charge on any atom is -0.452 e. The van der Waals surface area contributed by atoms with E-state index in [0.717, 1.165) is 10.8 Å². The summed E-state index contributed by atoms with van der Waals surface area (Å²) in [6.07, 6.45) is 1.14. The van der Waals surface area contributed by atoms with Crippen LogP contribution in [-0.2, 0) is 19.4 Å². The van der Waals surface area contributed by atoms with Crippen molar-refractivity contribution >= 4 is 32.5 Å². The molecule has 7 heteroatoms. The zero-order chi connectivity index (χ0) is 19.4. The minimum absolute atomic E-state index is 0.0178. The summed E-state index contributed by atoms with van der Waals surface area (Å²) in [5.41, 5.74) is 0.409. The third kappa shape index (κ3) is 4.47. The Hall–Kier alpha value is -2.41. The highest BCUT2D eigenvalue weighted by molar-refractivity contribution is 7.91. The first kappa shape index (κ1) is 19.4. The maximum absolute atomic E-state index is 12.6. The smallest absolute Gasteiger partial charge is 0.339 e. The molecule has 1 atom stereocenters. The molecule has 0 unspecified atom stereocenters. The number of amides is 1.